The molecule has 0 spiro atoms. The molecule has 0 aromatic heterocycles. The first-order valence-electron chi connectivity index (χ1n) is 3.04. The molecule has 0 fully saturated rings. The summed E-state index contributed by atoms with van der Waals surface area (Å²) in [5.74, 6) is -1.12. The predicted molar refractivity (Wildman–Crippen MR) is 36.6 cm³/mol. The number of nitrogens with one attached hydrogen (secondary N) is 2. The molecule has 0 saturated heterocycles. The Morgan fingerprint density at radius 3 is 2.55 bits per heavy atom. The quantitative estimate of drug-likeness (QED) is 0.282. The number of amides is 2. The molecule has 5 N–H and O–H groups in total. The van der Waals surface area contributed by atoms with Crippen molar-refractivity contribution in [1.29, 1.82) is 0 Å². The average Bonchev–Trinajstić information content (AvgIpc) is 1.99. The van der Waals surface area contributed by atoms with Gasteiger partial charge < -0.3 is 11.1 Å². The van der Waals surface area contributed by atoms with Gasteiger partial charge in [0.2, 0.25) is 5.91 Å². The van der Waals surface area contributed by atoms with Gasteiger partial charge in [-0.3, -0.25) is 14.8 Å². The van der Waals surface area contributed by atoms with E-state index in [0.717, 1.165) is 0 Å². The topological polar surface area (TPSA) is 104 Å². The predicted octanol–water partition coefficient (Wildman–Crippen LogP) is -2.04. The molecule has 0 saturated carbocycles. The molecule has 0 rings (SSSR count). The second kappa shape index (κ2) is 4.64. The highest BCUT2D eigenvalue weighted by molar-refractivity contribution is 5.86. The van der Waals surface area contributed by atoms with Crippen LogP contribution in [0.5, 0.6) is 0 Å². The Hall–Kier alpha value is -1.14. The number of rotatable bonds is 3. The van der Waals surface area contributed by atoms with E-state index in [1.807, 2.05) is 0 Å². The first-order chi connectivity index (χ1) is 5.07. The number of carbonyl (C=O) groups is 2. The van der Waals surface area contributed by atoms with E-state index in [-0.39, 0.29) is 6.54 Å². The van der Waals surface area contributed by atoms with Gasteiger partial charge in [-0.2, -0.15) is 0 Å². The first-order valence-corrected chi connectivity index (χ1v) is 3.04. The zero-order valence-corrected chi connectivity index (χ0v) is 6.13. The molecule has 0 heterocycles. The fourth-order valence-electron chi connectivity index (χ4n) is 0.368. The molecule has 0 bridgehead atoms. The SMILES string of the molecule is C[C@H](N)C(=O)NCC(=O)NO. The lowest BCUT2D eigenvalue weighted by atomic mass is 10.3. The molecule has 6 heteroatoms. The van der Waals surface area contributed by atoms with Crippen LogP contribution in [0, 0.1) is 0 Å². The van der Waals surface area contributed by atoms with Crippen molar-refractivity contribution < 1.29 is 14.8 Å². The molecule has 0 aliphatic heterocycles. The Bertz CT molecular complexity index is 157. The third-order valence-corrected chi connectivity index (χ3v) is 0.961. The molecule has 64 valence electrons. The zero-order chi connectivity index (χ0) is 8.85. The lowest BCUT2D eigenvalue weighted by Gasteiger charge is -2.05. The molecule has 0 unspecified atom stereocenters. The molecule has 2 amide bonds. The Labute approximate surface area is 63.7 Å². The van der Waals surface area contributed by atoms with E-state index in [4.69, 9.17) is 10.9 Å². The van der Waals surface area contributed by atoms with E-state index in [0.29, 0.717) is 0 Å². The third kappa shape index (κ3) is 4.29. The number of hydroxylamine groups is 1. The Balaban J connectivity index is 3.54. The van der Waals surface area contributed by atoms with Crippen molar-refractivity contribution in [3.8, 4) is 0 Å². The highest BCUT2D eigenvalue weighted by atomic mass is 16.5. The molecule has 0 aromatic carbocycles. The minimum absolute atomic E-state index is 0.267. The second-order valence-electron chi connectivity index (χ2n) is 2.04. The third-order valence-electron chi connectivity index (χ3n) is 0.961. The smallest absolute Gasteiger partial charge is 0.262 e. The summed E-state index contributed by atoms with van der Waals surface area (Å²) in [6, 6.07) is -0.651. The minimum Gasteiger partial charge on any atom is -0.346 e. The van der Waals surface area contributed by atoms with Crippen molar-refractivity contribution in [3.63, 3.8) is 0 Å². The normalized spacial score (nSPS) is 11.9. The van der Waals surface area contributed by atoms with Crippen molar-refractivity contribution >= 4 is 11.8 Å². The highest BCUT2D eigenvalue weighted by Crippen LogP contribution is 1.73. The number of nitrogens with two attached hydrogens (primary N) is 1. The van der Waals surface area contributed by atoms with Gasteiger partial charge in [0.25, 0.3) is 5.91 Å². The zero-order valence-electron chi connectivity index (χ0n) is 6.13. The van der Waals surface area contributed by atoms with Crippen LogP contribution in [0.4, 0.5) is 0 Å². The van der Waals surface area contributed by atoms with Crippen LogP contribution in [0.3, 0.4) is 0 Å². The van der Waals surface area contributed by atoms with Gasteiger partial charge in [0, 0.05) is 0 Å². The van der Waals surface area contributed by atoms with Crippen molar-refractivity contribution in [3.05, 3.63) is 0 Å². The van der Waals surface area contributed by atoms with Gasteiger partial charge in [-0.15, -0.1) is 0 Å². The van der Waals surface area contributed by atoms with E-state index in [9.17, 15) is 9.59 Å². The van der Waals surface area contributed by atoms with Crippen LogP contribution < -0.4 is 16.5 Å². The van der Waals surface area contributed by atoms with E-state index in [1.165, 1.54) is 12.4 Å². The lowest BCUT2D eigenvalue weighted by Crippen LogP contribution is -2.42. The molecule has 6 nitrogen and oxygen atoms in total. The molecule has 0 aromatic rings. The molecule has 0 aliphatic carbocycles. The van der Waals surface area contributed by atoms with Gasteiger partial charge in [-0.1, -0.05) is 0 Å². The number of hydrogen-bond donors (Lipinski definition) is 4. The fraction of sp³-hybridized carbons (Fsp3) is 0.600. The summed E-state index contributed by atoms with van der Waals surface area (Å²) in [7, 11) is 0. The molecule has 1 atom stereocenters. The van der Waals surface area contributed by atoms with Crippen molar-refractivity contribution in [2.24, 2.45) is 5.73 Å². The van der Waals surface area contributed by atoms with Gasteiger partial charge in [-0.25, -0.2) is 5.48 Å². The lowest BCUT2D eigenvalue weighted by molar-refractivity contribution is -0.131. The Morgan fingerprint density at radius 1 is 1.64 bits per heavy atom. The average molecular weight is 161 g/mol. The molecular formula is C5H11N3O3. The van der Waals surface area contributed by atoms with Crippen molar-refractivity contribution in [2.75, 3.05) is 6.54 Å². The van der Waals surface area contributed by atoms with Gasteiger partial charge in [0.05, 0.1) is 12.6 Å². The summed E-state index contributed by atoms with van der Waals surface area (Å²) in [6.07, 6.45) is 0. The second-order valence-corrected chi connectivity index (χ2v) is 2.04. The van der Waals surface area contributed by atoms with Crippen molar-refractivity contribution in [2.45, 2.75) is 13.0 Å². The highest BCUT2D eigenvalue weighted by Gasteiger charge is 2.07. The van der Waals surface area contributed by atoms with Crippen LogP contribution in [0.25, 0.3) is 0 Å². The van der Waals surface area contributed by atoms with Gasteiger partial charge in [0.15, 0.2) is 0 Å². The summed E-state index contributed by atoms with van der Waals surface area (Å²) >= 11 is 0. The molecule has 0 aliphatic rings. The monoisotopic (exact) mass is 161 g/mol. The van der Waals surface area contributed by atoms with Gasteiger partial charge in [0.1, 0.15) is 0 Å². The summed E-state index contributed by atoms with van der Waals surface area (Å²) < 4.78 is 0. The van der Waals surface area contributed by atoms with Crippen LogP contribution in [0.15, 0.2) is 0 Å². The van der Waals surface area contributed by atoms with Crippen molar-refractivity contribution in [1.82, 2.24) is 10.8 Å². The molecular weight excluding hydrogens is 150 g/mol. The number of carbonyl (C=O) groups excluding carboxylic acids is 2. The van der Waals surface area contributed by atoms with Crippen LogP contribution in [-0.2, 0) is 9.59 Å². The maximum absolute atomic E-state index is 10.7. The standard InChI is InChI=1S/C5H11N3O3/c1-3(6)5(10)7-2-4(9)8-11/h3,11H,2,6H2,1H3,(H,7,10)(H,8,9)/t3-/m0/s1. The van der Waals surface area contributed by atoms with E-state index < -0.39 is 17.9 Å². The summed E-state index contributed by atoms with van der Waals surface area (Å²) in [6.45, 7) is 1.23. The summed E-state index contributed by atoms with van der Waals surface area (Å²) in [4.78, 5) is 21.0. The Kier molecular flexibility index (Phi) is 4.16. The van der Waals surface area contributed by atoms with Crippen LogP contribution in [0.1, 0.15) is 6.92 Å². The fourth-order valence-corrected chi connectivity index (χ4v) is 0.368. The summed E-state index contributed by atoms with van der Waals surface area (Å²) in [5, 5.41) is 10.2. The molecule has 11 heavy (non-hydrogen) atoms. The van der Waals surface area contributed by atoms with Crippen LogP contribution in [-0.4, -0.2) is 29.6 Å². The van der Waals surface area contributed by atoms with E-state index in [2.05, 4.69) is 5.32 Å². The van der Waals surface area contributed by atoms with Crippen LogP contribution in [0.2, 0.25) is 0 Å². The molecule has 0 radical (unpaired) electrons. The first kappa shape index (κ1) is 9.86. The van der Waals surface area contributed by atoms with E-state index in [1.54, 1.807) is 0 Å². The Morgan fingerprint density at radius 2 is 2.18 bits per heavy atom. The number of hydrogen-bond acceptors (Lipinski definition) is 4. The maximum Gasteiger partial charge on any atom is 0.262 e. The maximum atomic E-state index is 10.7. The minimum atomic E-state index is -0.681. The van der Waals surface area contributed by atoms with Crippen LogP contribution >= 0.6 is 0 Å². The summed E-state index contributed by atoms with van der Waals surface area (Å²) in [5.41, 5.74) is 6.52. The van der Waals surface area contributed by atoms with Gasteiger partial charge >= 0.3 is 0 Å². The van der Waals surface area contributed by atoms with Gasteiger partial charge in [-0.05, 0) is 6.92 Å². The largest absolute Gasteiger partial charge is 0.346 e. The van der Waals surface area contributed by atoms with E-state index >= 15 is 0 Å².